The first kappa shape index (κ1) is 6.95. The highest BCUT2D eigenvalue weighted by atomic mass is 35.5. The summed E-state index contributed by atoms with van der Waals surface area (Å²) in [7, 11) is -3.17. The van der Waals surface area contributed by atoms with Crippen molar-refractivity contribution in [2.45, 2.75) is 0 Å². The minimum absolute atomic E-state index is 1.26. The maximum absolute atomic E-state index is 9.47. The smallest absolute Gasteiger partial charge is 0.381 e. The highest BCUT2D eigenvalue weighted by molar-refractivity contribution is 7.33. The van der Waals surface area contributed by atoms with Crippen LogP contribution in [-0.4, -0.2) is 10.3 Å². The molecule has 42 valence electrons. The van der Waals surface area contributed by atoms with Crippen molar-refractivity contribution < 1.29 is 18.8 Å². The number of carbonyl (C=O) groups is 1. The average molecular weight is 144 g/mol. The van der Waals surface area contributed by atoms with Crippen LogP contribution >= 0.6 is 19.9 Å². The van der Waals surface area contributed by atoms with Crippen LogP contribution in [0, 0.1) is 0 Å². The molecule has 0 radical (unpaired) electrons. The van der Waals surface area contributed by atoms with Gasteiger partial charge < -0.3 is 9.42 Å². The van der Waals surface area contributed by atoms with Crippen LogP contribution in [0.4, 0.5) is 4.79 Å². The van der Waals surface area contributed by atoms with Crippen molar-refractivity contribution in [2.75, 3.05) is 0 Å². The molecule has 0 saturated carbocycles. The monoisotopic (exact) mass is 144 g/mol. The molecule has 4 nitrogen and oxygen atoms in total. The highest BCUT2D eigenvalue weighted by Gasteiger charge is 1.96. The van der Waals surface area contributed by atoms with E-state index in [0.29, 0.717) is 0 Å². The van der Waals surface area contributed by atoms with Gasteiger partial charge in [0, 0.05) is 11.6 Å². The summed E-state index contributed by atoms with van der Waals surface area (Å²) >= 11 is 4.48. The molecule has 1 N–H and O–H groups in total. The van der Waals surface area contributed by atoms with Crippen LogP contribution < -0.4 is 0 Å². The predicted molar refractivity (Wildman–Crippen MR) is 23.6 cm³/mol. The van der Waals surface area contributed by atoms with Crippen molar-refractivity contribution in [2.24, 2.45) is 0 Å². The summed E-state index contributed by atoms with van der Waals surface area (Å²) in [5, 5.41) is 0. The molecular weight excluding hydrogens is 142 g/mol. The van der Waals surface area contributed by atoms with E-state index in [4.69, 9.17) is 4.89 Å². The summed E-state index contributed by atoms with van der Waals surface area (Å²) < 4.78 is 12.9. The molecule has 0 spiro atoms. The van der Waals surface area contributed by atoms with Crippen LogP contribution in [0.1, 0.15) is 0 Å². The molecule has 0 aromatic rings. The summed E-state index contributed by atoms with van der Waals surface area (Å²) in [6, 6.07) is 0. The minimum atomic E-state index is -3.17. The van der Waals surface area contributed by atoms with E-state index in [1.54, 1.807) is 0 Å². The van der Waals surface area contributed by atoms with Crippen molar-refractivity contribution in [1.29, 1.82) is 0 Å². The molecule has 0 aliphatic heterocycles. The lowest BCUT2D eigenvalue weighted by Gasteiger charge is -1.86. The zero-order valence-electron chi connectivity index (χ0n) is 3.05. The maximum Gasteiger partial charge on any atom is 0.410 e. The molecule has 0 aromatic heterocycles. The van der Waals surface area contributed by atoms with Crippen LogP contribution in [0.5, 0.6) is 0 Å². The van der Waals surface area contributed by atoms with Gasteiger partial charge in [0.05, 0.1) is 0 Å². The molecule has 6 heteroatoms. The van der Waals surface area contributed by atoms with Gasteiger partial charge in [-0.1, -0.05) is 0 Å². The first-order chi connectivity index (χ1) is 3.13. The summed E-state index contributed by atoms with van der Waals surface area (Å²) in [6.45, 7) is 0. The molecule has 7 heavy (non-hydrogen) atoms. The van der Waals surface area contributed by atoms with E-state index < -0.39 is 13.7 Å². The van der Waals surface area contributed by atoms with E-state index in [-0.39, 0.29) is 0 Å². The first-order valence-corrected chi connectivity index (χ1v) is 2.87. The van der Waals surface area contributed by atoms with Crippen molar-refractivity contribution in [3.8, 4) is 0 Å². The Morgan fingerprint density at radius 2 is 2.29 bits per heavy atom. The fraction of sp³-hybridized carbons (Fsp3) is 0. The fourth-order valence-corrected chi connectivity index (χ4v) is 0.404. The van der Waals surface area contributed by atoms with Gasteiger partial charge >= 0.3 is 13.7 Å². The second kappa shape index (κ2) is 3.02. The molecule has 0 aliphatic rings. The number of carbonyl (C=O) groups excluding carboxylic acids is 1. The Morgan fingerprint density at radius 1 is 1.86 bits per heavy atom. The van der Waals surface area contributed by atoms with Gasteiger partial charge in [-0.2, -0.15) is 0 Å². The normalized spacial score (nSPS) is 12.9. The molecule has 1 atom stereocenters. The predicted octanol–water partition coefficient (Wildman–Crippen LogP) is 0.744. The minimum Gasteiger partial charge on any atom is -0.381 e. The maximum atomic E-state index is 9.47. The van der Waals surface area contributed by atoms with Crippen molar-refractivity contribution in [3.63, 3.8) is 0 Å². The summed E-state index contributed by atoms with van der Waals surface area (Å²) in [4.78, 5) is 17.2. The zero-order valence-corrected chi connectivity index (χ0v) is 4.81. The van der Waals surface area contributed by atoms with Gasteiger partial charge in [0.25, 0.3) is 0 Å². The standard InChI is InChI=1S/CH2ClO4P/c2-1(3)6-7(4)5/h7H,(H,4,5). The lowest BCUT2D eigenvalue weighted by Crippen LogP contribution is -1.79. The number of hydrogen-bond donors (Lipinski definition) is 1. The zero-order chi connectivity index (χ0) is 5.86. The average Bonchev–Trinajstić information content (AvgIpc) is 1.27. The molecule has 0 saturated heterocycles. The summed E-state index contributed by atoms with van der Waals surface area (Å²) in [5.74, 6) is 0. The second-order valence-electron chi connectivity index (χ2n) is 0.606. The molecular formula is CH2ClO4P. The number of hydrogen-bond acceptors (Lipinski definition) is 3. The van der Waals surface area contributed by atoms with Gasteiger partial charge in [-0.25, -0.2) is 9.36 Å². The van der Waals surface area contributed by atoms with Gasteiger partial charge in [-0.15, -0.1) is 0 Å². The van der Waals surface area contributed by atoms with Crippen LogP contribution in [0.3, 0.4) is 0 Å². The molecule has 0 amide bonds. The van der Waals surface area contributed by atoms with E-state index in [0.717, 1.165) is 0 Å². The van der Waals surface area contributed by atoms with Gasteiger partial charge in [-0.3, -0.25) is 0 Å². The fourth-order valence-electron chi connectivity index (χ4n) is 0.0686. The Hall–Kier alpha value is -0.0500. The molecule has 0 heterocycles. The Bertz CT molecular complexity index is 87.9. The Balaban J connectivity index is 3.32. The third kappa shape index (κ3) is 5.95. The molecule has 0 fully saturated rings. The van der Waals surface area contributed by atoms with Crippen molar-refractivity contribution in [3.05, 3.63) is 0 Å². The SMILES string of the molecule is O=C(Cl)O[PH](=O)O. The largest absolute Gasteiger partial charge is 0.410 e. The molecule has 0 bridgehead atoms. The topological polar surface area (TPSA) is 63.6 Å². The van der Waals surface area contributed by atoms with Crippen LogP contribution in [-0.2, 0) is 9.09 Å². The Morgan fingerprint density at radius 3 is 2.29 bits per heavy atom. The van der Waals surface area contributed by atoms with Gasteiger partial charge in [0.1, 0.15) is 0 Å². The summed E-state index contributed by atoms with van der Waals surface area (Å²) in [5.41, 5.74) is -1.26. The second-order valence-corrected chi connectivity index (χ2v) is 1.65. The molecule has 1 unspecified atom stereocenters. The van der Waals surface area contributed by atoms with Crippen LogP contribution in [0.15, 0.2) is 0 Å². The Kier molecular flexibility index (Phi) is 3.00. The van der Waals surface area contributed by atoms with Crippen molar-refractivity contribution in [1.82, 2.24) is 0 Å². The lowest BCUT2D eigenvalue weighted by molar-refractivity contribution is 0.222. The molecule has 0 rings (SSSR count). The van der Waals surface area contributed by atoms with Gasteiger partial charge in [-0.05, 0) is 0 Å². The number of halogens is 1. The van der Waals surface area contributed by atoms with Crippen LogP contribution in [0.25, 0.3) is 0 Å². The molecule has 0 aliphatic carbocycles. The van der Waals surface area contributed by atoms with Gasteiger partial charge in [0.15, 0.2) is 0 Å². The molecule has 0 aromatic carbocycles. The highest BCUT2D eigenvalue weighted by Crippen LogP contribution is 2.15. The third-order valence-corrected chi connectivity index (χ3v) is 0.734. The first-order valence-electron chi connectivity index (χ1n) is 1.23. The quantitative estimate of drug-likeness (QED) is 0.436. The van der Waals surface area contributed by atoms with Gasteiger partial charge in [0.2, 0.25) is 0 Å². The summed E-state index contributed by atoms with van der Waals surface area (Å²) in [6.07, 6.45) is 0. The Labute approximate surface area is 45.0 Å². The van der Waals surface area contributed by atoms with E-state index in [9.17, 15) is 9.36 Å². The van der Waals surface area contributed by atoms with E-state index in [2.05, 4.69) is 16.1 Å². The van der Waals surface area contributed by atoms with Crippen molar-refractivity contribution >= 4 is 25.3 Å². The van der Waals surface area contributed by atoms with Crippen LogP contribution in [0.2, 0.25) is 0 Å². The lowest BCUT2D eigenvalue weighted by atomic mass is 11.6. The van der Waals surface area contributed by atoms with E-state index >= 15 is 0 Å². The van der Waals surface area contributed by atoms with E-state index in [1.165, 1.54) is 0 Å². The van der Waals surface area contributed by atoms with E-state index in [1.807, 2.05) is 0 Å². The third-order valence-electron chi connectivity index (χ3n) is 0.168. The number of rotatable bonds is 1.